The Bertz CT molecular complexity index is 698. The van der Waals surface area contributed by atoms with Crippen molar-refractivity contribution in [3.63, 3.8) is 0 Å². The van der Waals surface area contributed by atoms with Crippen LogP contribution in [0, 0.1) is 0 Å². The number of aromatic amines is 1. The largest absolute Gasteiger partial charge is 0.355 e. The Kier molecular flexibility index (Phi) is 4.16. The number of carbonyl (C=O) groups is 1. The van der Waals surface area contributed by atoms with Crippen LogP contribution in [0.2, 0.25) is 0 Å². The van der Waals surface area contributed by atoms with Crippen LogP contribution in [-0.2, 0) is 11.3 Å². The molecule has 2 aromatic rings. The molecule has 7 heteroatoms. The van der Waals surface area contributed by atoms with Gasteiger partial charge in [-0.1, -0.05) is 13.3 Å². The lowest BCUT2D eigenvalue weighted by molar-refractivity contribution is -0.121. The number of thiophene rings is 1. The Morgan fingerprint density at radius 3 is 3.00 bits per heavy atom. The number of hydrogen-bond donors (Lipinski definition) is 2. The van der Waals surface area contributed by atoms with Crippen LogP contribution >= 0.6 is 11.3 Å². The number of rotatable bonds is 5. The monoisotopic (exact) mass is 281 g/mol. The van der Waals surface area contributed by atoms with Gasteiger partial charge in [0.2, 0.25) is 5.91 Å². The minimum atomic E-state index is -0.554. The van der Waals surface area contributed by atoms with Gasteiger partial charge in [-0.25, -0.2) is 9.36 Å². The molecule has 0 aromatic carbocycles. The van der Waals surface area contributed by atoms with Gasteiger partial charge in [0.1, 0.15) is 11.2 Å². The summed E-state index contributed by atoms with van der Waals surface area (Å²) in [7, 11) is 0. The van der Waals surface area contributed by atoms with E-state index in [0.29, 0.717) is 16.8 Å². The Balaban J connectivity index is 2.23. The highest BCUT2D eigenvalue weighted by Gasteiger charge is 2.11. The van der Waals surface area contributed by atoms with E-state index in [-0.39, 0.29) is 12.5 Å². The van der Waals surface area contributed by atoms with Crippen molar-refractivity contribution in [3.05, 3.63) is 32.3 Å². The standard InChI is InChI=1S/C12H15N3O3S/c1-2-3-5-13-9(16)7-15-11(17)10-8(4-6-19-10)14-12(15)18/h4,6H,2-3,5,7H2,1H3,(H,13,16)(H,14,18). The summed E-state index contributed by atoms with van der Waals surface area (Å²) in [6.45, 7) is 2.33. The predicted octanol–water partition coefficient (Wildman–Crippen LogP) is 0.668. The van der Waals surface area contributed by atoms with Crippen molar-refractivity contribution < 1.29 is 4.79 Å². The highest BCUT2D eigenvalue weighted by atomic mass is 32.1. The average Bonchev–Trinajstić information content (AvgIpc) is 2.83. The van der Waals surface area contributed by atoms with E-state index in [1.165, 1.54) is 11.3 Å². The third-order valence-electron chi connectivity index (χ3n) is 2.75. The summed E-state index contributed by atoms with van der Waals surface area (Å²) in [5, 5.41) is 4.41. The Morgan fingerprint density at radius 1 is 1.47 bits per heavy atom. The third-order valence-corrected chi connectivity index (χ3v) is 3.65. The third kappa shape index (κ3) is 2.93. The van der Waals surface area contributed by atoms with Crippen molar-refractivity contribution in [3.8, 4) is 0 Å². The van der Waals surface area contributed by atoms with Crippen LogP contribution in [0.15, 0.2) is 21.0 Å². The van der Waals surface area contributed by atoms with Gasteiger partial charge in [0.15, 0.2) is 0 Å². The molecule has 0 saturated carbocycles. The molecule has 0 spiro atoms. The molecule has 2 heterocycles. The van der Waals surface area contributed by atoms with Crippen LogP contribution in [0.3, 0.4) is 0 Å². The molecular formula is C12H15N3O3S. The van der Waals surface area contributed by atoms with Gasteiger partial charge < -0.3 is 10.3 Å². The van der Waals surface area contributed by atoms with Crippen LogP contribution in [0.1, 0.15) is 19.8 Å². The van der Waals surface area contributed by atoms with Crippen LogP contribution in [0.4, 0.5) is 0 Å². The summed E-state index contributed by atoms with van der Waals surface area (Å²) in [5.74, 6) is -0.322. The van der Waals surface area contributed by atoms with Crippen LogP contribution in [0.25, 0.3) is 10.2 Å². The topological polar surface area (TPSA) is 84.0 Å². The van der Waals surface area contributed by atoms with Crippen molar-refractivity contribution in [1.29, 1.82) is 0 Å². The molecule has 2 N–H and O–H groups in total. The van der Waals surface area contributed by atoms with E-state index in [9.17, 15) is 14.4 Å². The normalized spacial score (nSPS) is 10.8. The quantitative estimate of drug-likeness (QED) is 0.790. The summed E-state index contributed by atoms with van der Waals surface area (Å²) in [5.41, 5.74) is -0.455. The summed E-state index contributed by atoms with van der Waals surface area (Å²) in [6.07, 6.45) is 1.85. The molecule has 0 saturated heterocycles. The Labute approximate surface area is 113 Å². The number of unbranched alkanes of at least 4 members (excludes halogenated alkanes) is 1. The number of nitrogens with one attached hydrogen (secondary N) is 2. The number of aromatic nitrogens is 2. The summed E-state index contributed by atoms with van der Waals surface area (Å²) in [6, 6.07) is 1.68. The molecule has 0 radical (unpaired) electrons. The maximum Gasteiger partial charge on any atom is 0.329 e. The molecule has 0 bridgehead atoms. The van der Waals surface area contributed by atoms with Crippen LogP contribution in [-0.4, -0.2) is 22.0 Å². The second-order valence-corrected chi connectivity index (χ2v) is 5.10. The van der Waals surface area contributed by atoms with Crippen molar-refractivity contribution in [2.75, 3.05) is 6.54 Å². The highest BCUT2D eigenvalue weighted by molar-refractivity contribution is 7.17. The van der Waals surface area contributed by atoms with E-state index in [1.807, 2.05) is 6.92 Å². The molecule has 0 aliphatic heterocycles. The van der Waals surface area contributed by atoms with Gasteiger partial charge in [0.05, 0.1) is 5.52 Å². The highest BCUT2D eigenvalue weighted by Crippen LogP contribution is 2.11. The zero-order valence-corrected chi connectivity index (χ0v) is 11.4. The van der Waals surface area contributed by atoms with Crippen molar-refractivity contribution >= 4 is 27.5 Å². The zero-order chi connectivity index (χ0) is 13.8. The summed E-state index contributed by atoms with van der Waals surface area (Å²) < 4.78 is 1.39. The molecule has 19 heavy (non-hydrogen) atoms. The lowest BCUT2D eigenvalue weighted by Crippen LogP contribution is -2.40. The first-order valence-electron chi connectivity index (χ1n) is 6.10. The SMILES string of the molecule is CCCCNC(=O)Cn1c(=O)[nH]c2ccsc2c1=O. The number of hydrogen-bond acceptors (Lipinski definition) is 4. The van der Waals surface area contributed by atoms with Gasteiger partial charge in [-0.05, 0) is 17.9 Å². The molecule has 0 fully saturated rings. The molecule has 0 aliphatic carbocycles. The van der Waals surface area contributed by atoms with E-state index in [1.54, 1.807) is 11.4 Å². The fourth-order valence-electron chi connectivity index (χ4n) is 1.72. The lowest BCUT2D eigenvalue weighted by atomic mass is 10.3. The first kappa shape index (κ1) is 13.5. The van der Waals surface area contributed by atoms with Gasteiger partial charge in [-0.3, -0.25) is 9.59 Å². The molecule has 2 aromatic heterocycles. The van der Waals surface area contributed by atoms with Gasteiger partial charge in [0, 0.05) is 6.54 Å². The molecular weight excluding hydrogens is 266 g/mol. The van der Waals surface area contributed by atoms with E-state index in [4.69, 9.17) is 0 Å². The molecule has 2 rings (SSSR count). The number of amides is 1. The van der Waals surface area contributed by atoms with Crippen LogP contribution < -0.4 is 16.6 Å². The smallest absolute Gasteiger partial charge is 0.329 e. The van der Waals surface area contributed by atoms with Gasteiger partial charge in [-0.15, -0.1) is 11.3 Å². The maximum absolute atomic E-state index is 12.0. The zero-order valence-electron chi connectivity index (χ0n) is 10.6. The molecule has 0 atom stereocenters. The Hall–Kier alpha value is -1.89. The lowest BCUT2D eigenvalue weighted by Gasteiger charge is -2.06. The van der Waals surface area contributed by atoms with E-state index >= 15 is 0 Å². The van der Waals surface area contributed by atoms with Crippen molar-refractivity contribution in [2.24, 2.45) is 0 Å². The fourth-order valence-corrected chi connectivity index (χ4v) is 2.52. The van der Waals surface area contributed by atoms with Crippen molar-refractivity contribution in [2.45, 2.75) is 26.3 Å². The fraction of sp³-hybridized carbons (Fsp3) is 0.417. The second kappa shape index (κ2) is 5.83. The second-order valence-electron chi connectivity index (χ2n) is 4.19. The maximum atomic E-state index is 12.0. The molecule has 1 amide bonds. The van der Waals surface area contributed by atoms with Crippen LogP contribution in [0.5, 0.6) is 0 Å². The van der Waals surface area contributed by atoms with E-state index in [0.717, 1.165) is 17.4 Å². The van der Waals surface area contributed by atoms with Crippen molar-refractivity contribution in [1.82, 2.24) is 14.9 Å². The Morgan fingerprint density at radius 2 is 2.26 bits per heavy atom. The number of H-pyrrole nitrogens is 1. The minimum Gasteiger partial charge on any atom is -0.355 e. The van der Waals surface area contributed by atoms with E-state index < -0.39 is 11.2 Å². The van der Waals surface area contributed by atoms with Gasteiger partial charge >= 0.3 is 5.69 Å². The van der Waals surface area contributed by atoms with E-state index in [2.05, 4.69) is 10.3 Å². The average molecular weight is 281 g/mol. The first-order chi connectivity index (χ1) is 9.13. The summed E-state index contributed by atoms with van der Waals surface area (Å²) >= 11 is 1.25. The minimum absolute atomic E-state index is 0.244. The predicted molar refractivity (Wildman–Crippen MR) is 74.6 cm³/mol. The van der Waals surface area contributed by atoms with Gasteiger partial charge in [-0.2, -0.15) is 0 Å². The number of fused-ring (bicyclic) bond motifs is 1. The number of carbonyl (C=O) groups excluding carboxylic acids is 1. The molecule has 6 nitrogen and oxygen atoms in total. The summed E-state index contributed by atoms with van der Waals surface area (Å²) in [4.78, 5) is 38.0. The molecule has 102 valence electrons. The number of nitrogens with zero attached hydrogens (tertiary/aromatic N) is 1. The molecule has 0 unspecified atom stereocenters. The van der Waals surface area contributed by atoms with Gasteiger partial charge in [0.25, 0.3) is 5.56 Å². The molecule has 0 aliphatic rings. The first-order valence-corrected chi connectivity index (χ1v) is 6.98.